The number of fused-ring (bicyclic) bond motifs is 1. The highest BCUT2D eigenvalue weighted by Gasteiger charge is 2.25. The molecule has 2 aromatic rings. The van der Waals surface area contributed by atoms with Crippen molar-refractivity contribution >= 4 is 28.5 Å². The van der Waals surface area contributed by atoms with Gasteiger partial charge in [0.05, 0.1) is 27.9 Å². The molecule has 1 saturated carbocycles. The van der Waals surface area contributed by atoms with Gasteiger partial charge in [0.2, 0.25) is 5.91 Å². The molecule has 0 saturated heterocycles. The van der Waals surface area contributed by atoms with Crippen LogP contribution in [0, 0.1) is 0 Å². The number of nitrogens with zero attached hydrogens (tertiary/aromatic N) is 2. The zero-order valence-corrected chi connectivity index (χ0v) is 9.24. The highest BCUT2D eigenvalue weighted by Crippen LogP contribution is 2.37. The molecule has 16 heavy (non-hydrogen) atoms. The maximum absolute atomic E-state index is 11.1. The first kappa shape index (κ1) is 9.66. The summed E-state index contributed by atoms with van der Waals surface area (Å²) in [5.74, 6) is -0.520. The first-order chi connectivity index (χ1) is 7.66. The molecule has 0 spiro atoms. The van der Waals surface area contributed by atoms with Gasteiger partial charge in [-0.25, -0.2) is 4.98 Å². The fourth-order valence-electron chi connectivity index (χ4n) is 1.88. The molecule has 2 N–H and O–H groups in total. The molecule has 1 heterocycles. The minimum absolute atomic E-state index is 0.329. The molecular weight excluding hydrogens is 226 g/mol. The van der Waals surface area contributed by atoms with Gasteiger partial charge in [0.25, 0.3) is 0 Å². The van der Waals surface area contributed by atoms with E-state index < -0.39 is 5.91 Å². The van der Waals surface area contributed by atoms with Crippen molar-refractivity contribution in [2.45, 2.75) is 18.9 Å². The van der Waals surface area contributed by atoms with Crippen LogP contribution >= 0.6 is 11.6 Å². The molecule has 1 aliphatic carbocycles. The Hall–Kier alpha value is -1.55. The number of primary amides is 1. The van der Waals surface area contributed by atoms with Gasteiger partial charge < -0.3 is 10.3 Å². The second-order valence-electron chi connectivity index (χ2n) is 4.07. The van der Waals surface area contributed by atoms with Gasteiger partial charge in [-0.1, -0.05) is 11.6 Å². The van der Waals surface area contributed by atoms with Crippen LogP contribution in [0.1, 0.15) is 29.2 Å². The summed E-state index contributed by atoms with van der Waals surface area (Å²) in [4.78, 5) is 15.4. The van der Waals surface area contributed by atoms with E-state index in [-0.39, 0.29) is 0 Å². The summed E-state index contributed by atoms with van der Waals surface area (Å²) >= 11 is 6.01. The Morgan fingerprint density at radius 2 is 2.25 bits per heavy atom. The van der Waals surface area contributed by atoms with Crippen molar-refractivity contribution < 1.29 is 4.79 Å². The summed E-state index contributed by atoms with van der Waals surface area (Å²) in [6.45, 7) is 0. The Labute approximate surface area is 97.0 Å². The number of hydrogen-bond acceptors (Lipinski definition) is 2. The van der Waals surface area contributed by atoms with Crippen LogP contribution in [0.4, 0.5) is 0 Å². The van der Waals surface area contributed by atoms with Gasteiger partial charge in [-0.05, 0) is 25.0 Å². The molecular formula is C11H10ClN3O. The van der Waals surface area contributed by atoms with Crippen LogP contribution < -0.4 is 5.73 Å². The zero-order valence-electron chi connectivity index (χ0n) is 8.48. The molecule has 1 aliphatic rings. The second-order valence-corrected chi connectivity index (χ2v) is 4.48. The van der Waals surface area contributed by atoms with Gasteiger partial charge in [0, 0.05) is 6.04 Å². The monoisotopic (exact) mass is 235 g/mol. The van der Waals surface area contributed by atoms with Crippen molar-refractivity contribution in [1.29, 1.82) is 0 Å². The van der Waals surface area contributed by atoms with E-state index >= 15 is 0 Å². The number of benzene rings is 1. The fourth-order valence-corrected chi connectivity index (χ4v) is 2.13. The molecule has 0 aliphatic heterocycles. The standard InChI is InChI=1S/C11H10ClN3O/c12-8-4-10-9(3-7(8)11(13)16)14-5-15(10)6-1-2-6/h3-6H,1-2H2,(H2,13,16). The van der Waals surface area contributed by atoms with Crippen LogP contribution in [0.25, 0.3) is 11.0 Å². The zero-order chi connectivity index (χ0) is 11.3. The Morgan fingerprint density at radius 3 is 2.88 bits per heavy atom. The maximum Gasteiger partial charge on any atom is 0.250 e. The number of nitrogens with two attached hydrogens (primary N) is 1. The van der Waals surface area contributed by atoms with E-state index in [1.165, 1.54) is 12.8 Å². The Bertz CT molecular complexity index is 586. The number of halogens is 1. The maximum atomic E-state index is 11.1. The summed E-state index contributed by atoms with van der Waals surface area (Å²) in [6.07, 6.45) is 4.16. The summed E-state index contributed by atoms with van der Waals surface area (Å²) < 4.78 is 2.10. The van der Waals surface area contributed by atoms with E-state index in [9.17, 15) is 4.79 Å². The summed E-state index contributed by atoms with van der Waals surface area (Å²) in [5.41, 5.74) is 7.29. The van der Waals surface area contributed by atoms with E-state index in [0.29, 0.717) is 16.6 Å². The number of hydrogen-bond donors (Lipinski definition) is 1. The van der Waals surface area contributed by atoms with Crippen molar-refractivity contribution in [2.24, 2.45) is 5.73 Å². The molecule has 1 fully saturated rings. The Balaban J connectivity index is 2.23. The lowest BCUT2D eigenvalue weighted by Crippen LogP contribution is -2.11. The smallest absolute Gasteiger partial charge is 0.250 e. The number of carbonyl (C=O) groups is 1. The summed E-state index contributed by atoms with van der Waals surface area (Å²) in [5, 5.41) is 0.391. The molecule has 0 radical (unpaired) electrons. The van der Waals surface area contributed by atoms with Crippen LogP contribution in [-0.2, 0) is 0 Å². The molecule has 4 nitrogen and oxygen atoms in total. The first-order valence-corrected chi connectivity index (χ1v) is 5.50. The SMILES string of the molecule is NC(=O)c1cc2ncn(C3CC3)c2cc1Cl. The lowest BCUT2D eigenvalue weighted by Gasteiger charge is -2.03. The normalized spacial score (nSPS) is 15.6. The molecule has 82 valence electrons. The van der Waals surface area contributed by atoms with Crippen LogP contribution in [0.15, 0.2) is 18.5 Å². The summed E-state index contributed by atoms with van der Waals surface area (Å²) in [6, 6.07) is 3.96. The van der Waals surface area contributed by atoms with Crippen molar-refractivity contribution in [3.8, 4) is 0 Å². The number of aromatic nitrogens is 2. The number of amides is 1. The van der Waals surface area contributed by atoms with Gasteiger partial charge in [0.1, 0.15) is 0 Å². The topological polar surface area (TPSA) is 60.9 Å². The van der Waals surface area contributed by atoms with Crippen molar-refractivity contribution in [2.75, 3.05) is 0 Å². The quantitative estimate of drug-likeness (QED) is 0.867. The largest absolute Gasteiger partial charge is 0.366 e. The second kappa shape index (κ2) is 3.22. The van der Waals surface area contributed by atoms with E-state index in [1.54, 1.807) is 18.5 Å². The van der Waals surface area contributed by atoms with Crippen molar-refractivity contribution in [3.05, 3.63) is 29.0 Å². The highest BCUT2D eigenvalue weighted by atomic mass is 35.5. The molecule has 1 aromatic carbocycles. The van der Waals surface area contributed by atoms with Gasteiger partial charge in [0.15, 0.2) is 0 Å². The van der Waals surface area contributed by atoms with Gasteiger partial charge in [-0.3, -0.25) is 4.79 Å². The molecule has 5 heteroatoms. The van der Waals surface area contributed by atoms with Crippen molar-refractivity contribution in [1.82, 2.24) is 9.55 Å². The Morgan fingerprint density at radius 1 is 1.50 bits per heavy atom. The van der Waals surface area contributed by atoms with E-state index in [0.717, 1.165) is 11.0 Å². The highest BCUT2D eigenvalue weighted by molar-refractivity contribution is 6.34. The number of rotatable bonds is 2. The molecule has 0 unspecified atom stereocenters. The first-order valence-electron chi connectivity index (χ1n) is 5.12. The third kappa shape index (κ3) is 1.38. The molecule has 1 amide bonds. The molecule has 1 aromatic heterocycles. The lowest BCUT2D eigenvalue weighted by atomic mass is 10.2. The predicted octanol–water partition coefficient (Wildman–Crippen LogP) is 2.12. The third-order valence-electron chi connectivity index (χ3n) is 2.87. The number of imidazole rings is 1. The van der Waals surface area contributed by atoms with E-state index in [1.807, 2.05) is 0 Å². The van der Waals surface area contributed by atoms with Crippen molar-refractivity contribution in [3.63, 3.8) is 0 Å². The number of carbonyl (C=O) groups excluding carboxylic acids is 1. The van der Waals surface area contributed by atoms with E-state index in [4.69, 9.17) is 17.3 Å². The van der Waals surface area contributed by atoms with E-state index in [2.05, 4.69) is 9.55 Å². The van der Waals surface area contributed by atoms with Gasteiger partial charge in [-0.2, -0.15) is 0 Å². The average Bonchev–Trinajstić information content (AvgIpc) is 2.99. The minimum atomic E-state index is -0.520. The third-order valence-corrected chi connectivity index (χ3v) is 3.18. The van der Waals surface area contributed by atoms with Gasteiger partial charge >= 0.3 is 0 Å². The lowest BCUT2D eigenvalue weighted by molar-refractivity contribution is 0.100. The van der Waals surface area contributed by atoms with Crippen LogP contribution in [0.5, 0.6) is 0 Å². The average molecular weight is 236 g/mol. The molecule has 0 atom stereocenters. The molecule has 0 bridgehead atoms. The van der Waals surface area contributed by atoms with Crippen LogP contribution in [-0.4, -0.2) is 15.5 Å². The van der Waals surface area contributed by atoms with Gasteiger partial charge in [-0.15, -0.1) is 0 Å². The molecule has 3 rings (SSSR count). The minimum Gasteiger partial charge on any atom is -0.366 e. The Kier molecular flexibility index (Phi) is 1.94. The predicted molar refractivity (Wildman–Crippen MR) is 61.5 cm³/mol. The van der Waals surface area contributed by atoms with Crippen LogP contribution in [0.2, 0.25) is 5.02 Å². The summed E-state index contributed by atoms with van der Waals surface area (Å²) in [7, 11) is 0. The fraction of sp³-hybridized carbons (Fsp3) is 0.273. The van der Waals surface area contributed by atoms with Crippen LogP contribution in [0.3, 0.4) is 0 Å².